The molecular weight excluding hydrogens is 426 g/mol. The molecule has 0 atom stereocenters. The van der Waals surface area contributed by atoms with Crippen molar-refractivity contribution in [3.05, 3.63) is 87.4 Å². The first-order valence-electron chi connectivity index (χ1n) is 8.54. The van der Waals surface area contributed by atoms with E-state index in [0.29, 0.717) is 5.02 Å². The minimum Gasteiger partial charge on any atom is -0.497 e. The van der Waals surface area contributed by atoms with Crippen molar-refractivity contribution in [3.63, 3.8) is 0 Å². The Labute approximate surface area is 173 Å². The Balaban J connectivity index is 1.88. The molecule has 0 saturated carbocycles. The second-order valence-corrected chi connectivity index (χ2v) is 7.53. The van der Waals surface area contributed by atoms with Gasteiger partial charge in [-0.3, -0.25) is 0 Å². The van der Waals surface area contributed by atoms with Gasteiger partial charge in [0.15, 0.2) is 0 Å². The summed E-state index contributed by atoms with van der Waals surface area (Å²) >= 11 is 9.84. The van der Waals surface area contributed by atoms with E-state index in [9.17, 15) is 0 Å². The molecule has 27 heavy (non-hydrogen) atoms. The van der Waals surface area contributed by atoms with Crippen LogP contribution in [0.3, 0.4) is 0 Å². The average molecular weight is 447 g/mol. The first-order chi connectivity index (χ1) is 13.1. The van der Waals surface area contributed by atoms with Crippen LogP contribution in [0.4, 0.5) is 5.69 Å². The molecule has 3 aromatic rings. The highest BCUT2D eigenvalue weighted by atomic mass is 79.9. The molecule has 0 N–H and O–H groups in total. The van der Waals surface area contributed by atoms with E-state index in [0.717, 1.165) is 34.7 Å². The zero-order chi connectivity index (χ0) is 19.2. The summed E-state index contributed by atoms with van der Waals surface area (Å²) in [6.45, 7) is 1.51. The molecule has 0 aliphatic heterocycles. The predicted molar refractivity (Wildman–Crippen MR) is 115 cm³/mol. The summed E-state index contributed by atoms with van der Waals surface area (Å²) in [4.78, 5) is 2.29. The van der Waals surface area contributed by atoms with Gasteiger partial charge in [-0.1, -0.05) is 51.8 Å². The molecule has 0 amide bonds. The number of hydrogen-bond acceptors (Lipinski definition) is 3. The molecular formula is C22H21BrClNO2. The number of rotatable bonds is 7. The number of benzene rings is 3. The van der Waals surface area contributed by atoms with Gasteiger partial charge in [-0.15, -0.1) is 0 Å². The van der Waals surface area contributed by atoms with Crippen LogP contribution < -0.4 is 14.4 Å². The van der Waals surface area contributed by atoms with Gasteiger partial charge in [0.25, 0.3) is 0 Å². The van der Waals surface area contributed by atoms with E-state index in [1.165, 1.54) is 11.1 Å². The molecule has 0 unspecified atom stereocenters. The second-order valence-electron chi connectivity index (χ2n) is 6.18. The lowest BCUT2D eigenvalue weighted by molar-refractivity contribution is 0.414. The Hall–Kier alpha value is -2.17. The third-order valence-corrected chi connectivity index (χ3v) is 4.95. The standard InChI is InChI=1S/C22H21BrClNO2/c1-26-21-7-3-16(4-8-21)14-25(20-12-18(23)11-19(24)13-20)15-17-5-9-22(27-2)10-6-17/h3-13H,14-15H2,1-2H3. The van der Waals surface area contributed by atoms with Gasteiger partial charge in [0.05, 0.1) is 14.2 Å². The largest absolute Gasteiger partial charge is 0.497 e. The average Bonchev–Trinajstić information content (AvgIpc) is 2.68. The van der Waals surface area contributed by atoms with Crippen LogP contribution in [0.2, 0.25) is 5.02 Å². The maximum Gasteiger partial charge on any atom is 0.118 e. The van der Waals surface area contributed by atoms with Crippen LogP contribution in [0.15, 0.2) is 71.2 Å². The topological polar surface area (TPSA) is 21.7 Å². The normalized spacial score (nSPS) is 10.5. The Morgan fingerprint density at radius 3 is 1.67 bits per heavy atom. The molecule has 0 aliphatic carbocycles. The van der Waals surface area contributed by atoms with Crippen molar-refractivity contribution in [3.8, 4) is 11.5 Å². The van der Waals surface area contributed by atoms with Crippen LogP contribution in [0, 0.1) is 0 Å². The van der Waals surface area contributed by atoms with Crippen LogP contribution in [0.25, 0.3) is 0 Å². The van der Waals surface area contributed by atoms with E-state index in [-0.39, 0.29) is 0 Å². The van der Waals surface area contributed by atoms with Crippen LogP contribution in [-0.2, 0) is 13.1 Å². The summed E-state index contributed by atoms with van der Waals surface area (Å²) in [6, 6.07) is 22.2. The third-order valence-electron chi connectivity index (χ3n) is 4.28. The van der Waals surface area contributed by atoms with Crippen molar-refractivity contribution < 1.29 is 9.47 Å². The number of nitrogens with zero attached hydrogens (tertiary/aromatic N) is 1. The highest BCUT2D eigenvalue weighted by Crippen LogP contribution is 2.29. The predicted octanol–water partition coefficient (Wildman–Crippen LogP) is 6.33. The van der Waals surface area contributed by atoms with E-state index in [2.05, 4.69) is 51.2 Å². The molecule has 3 rings (SSSR count). The smallest absolute Gasteiger partial charge is 0.118 e. The quantitative estimate of drug-likeness (QED) is 0.423. The summed E-state index contributed by atoms with van der Waals surface area (Å²) in [5.41, 5.74) is 3.45. The number of anilines is 1. The van der Waals surface area contributed by atoms with E-state index in [1.54, 1.807) is 14.2 Å². The maximum atomic E-state index is 6.29. The first-order valence-corrected chi connectivity index (χ1v) is 9.71. The van der Waals surface area contributed by atoms with Gasteiger partial charge < -0.3 is 14.4 Å². The maximum absolute atomic E-state index is 6.29. The highest BCUT2D eigenvalue weighted by molar-refractivity contribution is 9.10. The summed E-state index contributed by atoms with van der Waals surface area (Å²) in [7, 11) is 3.35. The molecule has 5 heteroatoms. The van der Waals surface area contributed by atoms with Crippen LogP contribution in [0.5, 0.6) is 11.5 Å². The highest BCUT2D eigenvalue weighted by Gasteiger charge is 2.11. The van der Waals surface area contributed by atoms with Gasteiger partial charge in [-0.05, 0) is 53.6 Å². The Morgan fingerprint density at radius 1 is 0.778 bits per heavy atom. The minimum absolute atomic E-state index is 0.703. The number of hydrogen-bond donors (Lipinski definition) is 0. The van der Waals surface area contributed by atoms with Gasteiger partial charge in [-0.25, -0.2) is 0 Å². The van der Waals surface area contributed by atoms with Crippen molar-refractivity contribution in [2.24, 2.45) is 0 Å². The fourth-order valence-corrected chi connectivity index (χ4v) is 3.71. The molecule has 0 spiro atoms. The monoisotopic (exact) mass is 445 g/mol. The molecule has 0 aliphatic rings. The summed E-state index contributed by atoms with van der Waals surface area (Å²) in [5, 5.41) is 0.703. The lowest BCUT2D eigenvalue weighted by atomic mass is 10.1. The fourth-order valence-electron chi connectivity index (χ4n) is 2.86. The van der Waals surface area contributed by atoms with Gasteiger partial charge in [-0.2, -0.15) is 0 Å². The fraction of sp³-hybridized carbons (Fsp3) is 0.182. The zero-order valence-electron chi connectivity index (χ0n) is 15.3. The SMILES string of the molecule is COc1ccc(CN(Cc2ccc(OC)cc2)c2cc(Cl)cc(Br)c2)cc1. The first kappa shape index (κ1) is 19.6. The zero-order valence-corrected chi connectivity index (χ0v) is 17.6. The van der Waals surface area contributed by atoms with E-state index in [4.69, 9.17) is 21.1 Å². The van der Waals surface area contributed by atoms with Gasteiger partial charge in [0.1, 0.15) is 11.5 Å². The molecule has 140 valence electrons. The minimum atomic E-state index is 0.703. The number of ether oxygens (including phenoxy) is 2. The summed E-state index contributed by atoms with van der Waals surface area (Å²) in [5.74, 6) is 1.71. The van der Waals surface area contributed by atoms with Gasteiger partial charge >= 0.3 is 0 Å². The Bertz CT molecular complexity index is 812. The lowest BCUT2D eigenvalue weighted by Crippen LogP contribution is -2.22. The molecule has 0 saturated heterocycles. The molecule has 0 bridgehead atoms. The molecule has 0 radical (unpaired) electrons. The van der Waals surface area contributed by atoms with Crippen molar-refractivity contribution in [1.29, 1.82) is 0 Å². The number of halogens is 2. The summed E-state index contributed by atoms with van der Waals surface area (Å²) < 4.78 is 11.5. The van der Waals surface area contributed by atoms with Gasteiger partial charge in [0, 0.05) is 28.3 Å². The molecule has 0 heterocycles. The van der Waals surface area contributed by atoms with Crippen molar-refractivity contribution >= 4 is 33.2 Å². The Morgan fingerprint density at radius 2 is 1.26 bits per heavy atom. The molecule has 0 fully saturated rings. The lowest BCUT2D eigenvalue weighted by Gasteiger charge is -2.26. The number of methoxy groups -OCH3 is 2. The van der Waals surface area contributed by atoms with E-state index >= 15 is 0 Å². The Kier molecular flexibility index (Phi) is 6.64. The van der Waals surface area contributed by atoms with E-state index < -0.39 is 0 Å². The molecule has 3 nitrogen and oxygen atoms in total. The van der Waals surface area contributed by atoms with Crippen LogP contribution >= 0.6 is 27.5 Å². The summed E-state index contributed by atoms with van der Waals surface area (Å²) in [6.07, 6.45) is 0. The molecule has 0 aromatic heterocycles. The van der Waals surface area contributed by atoms with Crippen molar-refractivity contribution in [2.75, 3.05) is 19.1 Å². The van der Waals surface area contributed by atoms with Crippen LogP contribution in [-0.4, -0.2) is 14.2 Å². The van der Waals surface area contributed by atoms with Crippen LogP contribution in [0.1, 0.15) is 11.1 Å². The van der Waals surface area contributed by atoms with Crippen molar-refractivity contribution in [1.82, 2.24) is 0 Å². The molecule has 3 aromatic carbocycles. The van der Waals surface area contributed by atoms with Gasteiger partial charge in [0.2, 0.25) is 0 Å². The third kappa shape index (κ3) is 5.41. The van der Waals surface area contributed by atoms with Crippen molar-refractivity contribution in [2.45, 2.75) is 13.1 Å². The van der Waals surface area contributed by atoms with E-state index in [1.807, 2.05) is 36.4 Å². The second kappa shape index (κ2) is 9.16.